The van der Waals surface area contributed by atoms with Gasteiger partial charge in [0, 0.05) is 0 Å². The SMILES string of the molecule is COC(=O)C1(C(=O)OC)CC=C(/C=C/C2CC2)C1. The first-order valence-corrected chi connectivity index (χ1v) is 6.16. The van der Waals surface area contributed by atoms with Crippen molar-refractivity contribution in [1.82, 2.24) is 0 Å². The van der Waals surface area contributed by atoms with E-state index in [-0.39, 0.29) is 0 Å². The van der Waals surface area contributed by atoms with Crippen LogP contribution in [0.2, 0.25) is 0 Å². The van der Waals surface area contributed by atoms with Gasteiger partial charge < -0.3 is 9.47 Å². The van der Waals surface area contributed by atoms with E-state index in [1.54, 1.807) is 0 Å². The zero-order chi connectivity index (χ0) is 13.2. The van der Waals surface area contributed by atoms with Gasteiger partial charge in [0.1, 0.15) is 0 Å². The van der Waals surface area contributed by atoms with E-state index in [1.807, 2.05) is 12.2 Å². The number of rotatable bonds is 4. The topological polar surface area (TPSA) is 52.6 Å². The summed E-state index contributed by atoms with van der Waals surface area (Å²) in [6, 6.07) is 0. The summed E-state index contributed by atoms with van der Waals surface area (Å²) in [4.78, 5) is 23.7. The number of methoxy groups -OCH3 is 2. The Kier molecular flexibility index (Phi) is 3.55. The first-order chi connectivity index (χ1) is 8.62. The number of esters is 2. The number of allylic oxidation sites excluding steroid dienone is 4. The Bertz CT molecular complexity index is 400. The highest BCUT2D eigenvalue weighted by molar-refractivity contribution is 6.01. The second-order valence-electron chi connectivity index (χ2n) is 4.92. The molecule has 0 radical (unpaired) electrons. The molecule has 0 saturated heterocycles. The van der Waals surface area contributed by atoms with Crippen molar-refractivity contribution in [2.45, 2.75) is 25.7 Å². The molecular formula is C14H18O4. The Hall–Kier alpha value is -1.58. The minimum Gasteiger partial charge on any atom is -0.468 e. The van der Waals surface area contributed by atoms with E-state index in [9.17, 15) is 9.59 Å². The van der Waals surface area contributed by atoms with Crippen LogP contribution in [0.4, 0.5) is 0 Å². The number of ether oxygens (including phenoxy) is 2. The van der Waals surface area contributed by atoms with Crippen LogP contribution in [0.15, 0.2) is 23.8 Å². The van der Waals surface area contributed by atoms with Crippen molar-refractivity contribution in [3.8, 4) is 0 Å². The molecule has 4 nitrogen and oxygen atoms in total. The molecule has 0 amide bonds. The lowest BCUT2D eigenvalue weighted by Gasteiger charge is -2.22. The van der Waals surface area contributed by atoms with Gasteiger partial charge in [0.05, 0.1) is 14.2 Å². The normalized spacial score (nSPS) is 21.8. The lowest BCUT2D eigenvalue weighted by Crippen LogP contribution is -2.39. The van der Waals surface area contributed by atoms with Gasteiger partial charge in [-0.3, -0.25) is 9.59 Å². The lowest BCUT2D eigenvalue weighted by molar-refractivity contribution is -0.168. The molecule has 1 fully saturated rings. The van der Waals surface area contributed by atoms with Gasteiger partial charge in [0.2, 0.25) is 0 Å². The van der Waals surface area contributed by atoms with Crippen LogP contribution >= 0.6 is 0 Å². The summed E-state index contributed by atoms with van der Waals surface area (Å²) in [5, 5.41) is 0. The van der Waals surface area contributed by atoms with Crippen molar-refractivity contribution in [3.63, 3.8) is 0 Å². The van der Waals surface area contributed by atoms with Crippen molar-refractivity contribution in [3.05, 3.63) is 23.8 Å². The maximum absolute atomic E-state index is 11.9. The molecule has 2 aliphatic carbocycles. The number of carbonyl (C=O) groups excluding carboxylic acids is 2. The van der Waals surface area contributed by atoms with Crippen molar-refractivity contribution < 1.29 is 19.1 Å². The highest BCUT2D eigenvalue weighted by Crippen LogP contribution is 2.41. The van der Waals surface area contributed by atoms with Gasteiger partial charge in [-0.05, 0) is 31.6 Å². The van der Waals surface area contributed by atoms with Gasteiger partial charge >= 0.3 is 11.9 Å². The Balaban J connectivity index is 2.10. The van der Waals surface area contributed by atoms with Crippen LogP contribution in [0.25, 0.3) is 0 Å². The third kappa shape index (κ3) is 2.33. The van der Waals surface area contributed by atoms with Crippen LogP contribution in [-0.4, -0.2) is 26.2 Å². The van der Waals surface area contributed by atoms with E-state index in [0.717, 1.165) is 5.57 Å². The molecular weight excluding hydrogens is 232 g/mol. The Morgan fingerprint density at radius 2 is 1.89 bits per heavy atom. The predicted molar refractivity (Wildman–Crippen MR) is 65.6 cm³/mol. The summed E-state index contributed by atoms with van der Waals surface area (Å²) >= 11 is 0. The first-order valence-electron chi connectivity index (χ1n) is 6.16. The molecule has 18 heavy (non-hydrogen) atoms. The minimum absolute atomic E-state index is 0.358. The second-order valence-corrected chi connectivity index (χ2v) is 4.92. The Labute approximate surface area is 107 Å². The molecule has 0 spiro atoms. The molecule has 0 unspecified atom stereocenters. The molecule has 0 heterocycles. The molecule has 0 atom stereocenters. The average Bonchev–Trinajstić information content (AvgIpc) is 3.13. The summed E-state index contributed by atoms with van der Waals surface area (Å²) in [6.07, 6.45) is 9.30. The van der Waals surface area contributed by atoms with Gasteiger partial charge in [-0.25, -0.2) is 0 Å². The lowest BCUT2D eigenvalue weighted by atomic mass is 9.84. The summed E-state index contributed by atoms with van der Waals surface area (Å²) in [5.74, 6) is -0.349. The first kappa shape index (κ1) is 12.9. The highest BCUT2D eigenvalue weighted by atomic mass is 16.5. The summed E-state index contributed by atoms with van der Waals surface area (Å²) in [7, 11) is 2.59. The molecule has 0 aliphatic heterocycles. The fourth-order valence-corrected chi connectivity index (χ4v) is 2.26. The smallest absolute Gasteiger partial charge is 0.323 e. The van der Waals surface area contributed by atoms with E-state index < -0.39 is 17.4 Å². The molecule has 98 valence electrons. The van der Waals surface area contributed by atoms with Crippen LogP contribution in [0.1, 0.15) is 25.7 Å². The molecule has 0 N–H and O–H groups in total. The van der Waals surface area contributed by atoms with E-state index in [0.29, 0.717) is 18.8 Å². The third-order valence-electron chi connectivity index (χ3n) is 3.58. The van der Waals surface area contributed by atoms with Crippen molar-refractivity contribution in [2.24, 2.45) is 11.3 Å². The second kappa shape index (κ2) is 4.96. The fraction of sp³-hybridized carbons (Fsp3) is 0.571. The van der Waals surface area contributed by atoms with Gasteiger partial charge in [-0.15, -0.1) is 0 Å². The Morgan fingerprint density at radius 3 is 2.39 bits per heavy atom. The summed E-state index contributed by atoms with van der Waals surface area (Å²) in [5.41, 5.74) is -0.162. The zero-order valence-electron chi connectivity index (χ0n) is 10.8. The molecule has 2 aliphatic rings. The molecule has 2 rings (SSSR count). The molecule has 4 heteroatoms. The van der Waals surface area contributed by atoms with Crippen molar-refractivity contribution in [1.29, 1.82) is 0 Å². The standard InChI is InChI=1S/C14H18O4/c1-17-12(15)14(13(16)18-2)8-7-11(9-14)6-5-10-3-4-10/h5-7,10H,3-4,8-9H2,1-2H3/b6-5+. The molecule has 1 saturated carbocycles. The van der Waals surface area contributed by atoms with Crippen molar-refractivity contribution >= 4 is 11.9 Å². The third-order valence-corrected chi connectivity index (χ3v) is 3.58. The van der Waals surface area contributed by atoms with Gasteiger partial charge in [0.25, 0.3) is 0 Å². The van der Waals surface area contributed by atoms with Gasteiger partial charge in [0.15, 0.2) is 5.41 Å². The summed E-state index contributed by atoms with van der Waals surface area (Å²) in [6.45, 7) is 0. The van der Waals surface area contributed by atoms with Crippen LogP contribution < -0.4 is 0 Å². The Morgan fingerprint density at radius 1 is 1.28 bits per heavy atom. The van der Waals surface area contributed by atoms with E-state index in [2.05, 4.69) is 6.08 Å². The fourth-order valence-electron chi connectivity index (χ4n) is 2.26. The average molecular weight is 250 g/mol. The quantitative estimate of drug-likeness (QED) is 0.565. The molecule has 0 aromatic carbocycles. The van der Waals surface area contributed by atoms with Crippen molar-refractivity contribution in [2.75, 3.05) is 14.2 Å². The number of carbonyl (C=O) groups is 2. The van der Waals surface area contributed by atoms with Crippen LogP contribution in [0.5, 0.6) is 0 Å². The molecule has 0 bridgehead atoms. The summed E-state index contributed by atoms with van der Waals surface area (Å²) < 4.78 is 9.50. The number of hydrogen-bond donors (Lipinski definition) is 0. The van der Waals surface area contributed by atoms with E-state index in [1.165, 1.54) is 27.1 Å². The van der Waals surface area contributed by atoms with Crippen LogP contribution in [-0.2, 0) is 19.1 Å². The molecule has 0 aromatic heterocycles. The van der Waals surface area contributed by atoms with Crippen LogP contribution in [0.3, 0.4) is 0 Å². The maximum Gasteiger partial charge on any atom is 0.323 e. The van der Waals surface area contributed by atoms with E-state index in [4.69, 9.17) is 9.47 Å². The van der Waals surface area contributed by atoms with Gasteiger partial charge in [-0.1, -0.05) is 23.8 Å². The highest BCUT2D eigenvalue weighted by Gasteiger charge is 2.50. The van der Waals surface area contributed by atoms with E-state index >= 15 is 0 Å². The largest absolute Gasteiger partial charge is 0.468 e. The van der Waals surface area contributed by atoms with Gasteiger partial charge in [-0.2, -0.15) is 0 Å². The van der Waals surface area contributed by atoms with Crippen LogP contribution in [0, 0.1) is 11.3 Å². The maximum atomic E-state index is 11.9. The minimum atomic E-state index is -1.17. The monoisotopic (exact) mass is 250 g/mol. The number of hydrogen-bond acceptors (Lipinski definition) is 4. The predicted octanol–water partition coefficient (Wildman–Crippen LogP) is 2.01. The zero-order valence-corrected chi connectivity index (χ0v) is 10.8. The molecule has 0 aromatic rings.